The molecule has 1 amide bonds. The summed E-state index contributed by atoms with van der Waals surface area (Å²) in [6.07, 6.45) is 5.15. The minimum atomic E-state index is -0.633. The highest BCUT2D eigenvalue weighted by Crippen LogP contribution is 2.58. The molecule has 0 aromatic heterocycles. The first-order chi connectivity index (χ1) is 15.3. The van der Waals surface area contributed by atoms with Crippen molar-refractivity contribution in [1.82, 2.24) is 15.5 Å². The van der Waals surface area contributed by atoms with Crippen LogP contribution in [0.2, 0.25) is 0 Å². The number of benzene rings is 1. The fraction of sp³-hybridized carbons (Fsp3) is 0.538. The molecule has 2 N–H and O–H groups in total. The van der Waals surface area contributed by atoms with Gasteiger partial charge in [0.05, 0.1) is 11.5 Å². The van der Waals surface area contributed by atoms with Crippen LogP contribution in [-0.2, 0) is 10.2 Å². The molecule has 2 aliphatic carbocycles. The van der Waals surface area contributed by atoms with Gasteiger partial charge in [0, 0.05) is 43.7 Å². The Morgan fingerprint density at radius 2 is 2.12 bits per heavy atom. The van der Waals surface area contributed by atoms with Gasteiger partial charge in [-0.05, 0) is 42.4 Å². The van der Waals surface area contributed by atoms with Crippen molar-refractivity contribution < 1.29 is 9.18 Å². The number of hydrogen-bond donors (Lipinski definition) is 2. The van der Waals surface area contributed by atoms with Crippen LogP contribution < -0.4 is 10.6 Å². The van der Waals surface area contributed by atoms with Gasteiger partial charge >= 0.3 is 0 Å². The van der Waals surface area contributed by atoms with E-state index in [9.17, 15) is 4.79 Å². The lowest BCUT2D eigenvalue weighted by atomic mass is 9.83. The predicted octanol–water partition coefficient (Wildman–Crippen LogP) is 3.54. The Bertz CT molecular complexity index is 988. The molecule has 2 unspecified atom stereocenters. The lowest BCUT2D eigenvalue weighted by Gasteiger charge is -2.43. The van der Waals surface area contributed by atoms with Crippen molar-refractivity contribution in [2.75, 3.05) is 32.7 Å². The molecule has 1 aromatic carbocycles. The first-order valence-electron chi connectivity index (χ1n) is 11.6. The number of allylic oxidation sites excluding steroid dienone is 2. The van der Waals surface area contributed by atoms with Gasteiger partial charge in [0.25, 0.3) is 0 Å². The maximum atomic E-state index is 15.4. The fourth-order valence-electron chi connectivity index (χ4n) is 5.53. The number of piperazine rings is 1. The van der Waals surface area contributed by atoms with Crippen molar-refractivity contribution in [3.63, 3.8) is 0 Å². The second kappa shape index (κ2) is 8.80. The summed E-state index contributed by atoms with van der Waals surface area (Å²) in [5.74, 6) is 0.352. The Hall–Kier alpha value is -2.49. The maximum Gasteiger partial charge on any atom is 0.231 e. The predicted molar refractivity (Wildman–Crippen MR) is 124 cm³/mol. The number of amides is 1. The molecule has 0 bridgehead atoms. The summed E-state index contributed by atoms with van der Waals surface area (Å²) >= 11 is 0. The highest BCUT2D eigenvalue weighted by Gasteiger charge is 2.61. The number of hydrogen-bond acceptors (Lipinski definition) is 4. The standard InChI is InChI=1S/C26H33FN4O/c1-18(2)22-16-26(22,24(32)30-10-9-28)20-6-4-5-19(15-20)21-7-8-25(3,17-23(21)27)31-13-11-29-12-14-31/h4-8,15,18,22,29H,10-14,16-17H2,1-3H3,(H,30,32)/t22?,25?,26-/m1/s1. The van der Waals surface area contributed by atoms with E-state index in [4.69, 9.17) is 5.26 Å². The molecular formula is C26H33FN4O. The minimum absolute atomic E-state index is 0.00178. The molecule has 3 aliphatic rings. The van der Waals surface area contributed by atoms with Crippen LogP contribution in [0.15, 0.2) is 42.2 Å². The monoisotopic (exact) mass is 436 g/mol. The second-order valence-electron chi connectivity index (χ2n) is 9.87. The SMILES string of the molecule is CC(C)C1C[C@@]1(C(=O)NCC#N)c1cccc(C2=C(F)CC(C)(N3CCNCC3)C=C2)c1. The highest BCUT2D eigenvalue weighted by atomic mass is 19.1. The lowest BCUT2D eigenvalue weighted by molar-refractivity contribution is -0.123. The minimum Gasteiger partial charge on any atom is -0.342 e. The summed E-state index contributed by atoms with van der Waals surface area (Å²) in [5.41, 5.74) is 1.37. The number of nitrogens with one attached hydrogen (secondary N) is 2. The van der Waals surface area contributed by atoms with Crippen LogP contribution in [0.1, 0.15) is 44.7 Å². The summed E-state index contributed by atoms with van der Waals surface area (Å²) < 4.78 is 15.4. The molecule has 2 fully saturated rings. The van der Waals surface area contributed by atoms with Crippen molar-refractivity contribution in [1.29, 1.82) is 5.26 Å². The molecule has 1 aromatic rings. The number of carbonyl (C=O) groups excluding carboxylic acids is 1. The Kier molecular flexibility index (Phi) is 6.24. The molecule has 0 spiro atoms. The number of nitrogens with zero attached hydrogens (tertiary/aromatic N) is 2. The van der Waals surface area contributed by atoms with E-state index in [1.165, 1.54) is 0 Å². The molecule has 4 rings (SSSR count). The summed E-state index contributed by atoms with van der Waals surface area (Å²) in [7, 11) is 0. The maximum absolute atomic E-state index is 15.4. The third kappa shape index (κ3) is 4.00. The Labute approximate surface area is 190 Å². The van der Waals surface area contributed by atoms with Gasteiger partial charge in [0.1, 0.15) is 12.4 Å². The zero-order valence-electron chi connectivity index (χ0n) is 19.2. The lowest BCUT2D eigenvalue weighted by Crippen LogP contribution is -2.54. The van der Waals surface area contributed by atoms with Crippen molar-refractivity contribution >= 4 is 11.5 Å². The molecule has 1 heterocycles. The Morgan fingerprint density at radius 3 is 2.75 bits per heavy atom. The van der Waals surface area contributed by atoms with Gasteiger partial charge in [-0.2, -0.15) is 5.26 Å². The molecule has 1 aliphatic heterocycles. The summed E-state index contributed by atoms with van der Waals surface area (Å²) in [4.78, 5) is 15.4. The van der Waals surface area contributed by atoms with E-state index in [2.05, 4.69) is 42.4 Å². The largest absolute Gasteiger partial charge is 0.342 e. The van der Waals surface area contributed by atoms with Crippen molar-refractivity contribution in [2.45, 2.75) is 44.6 Å². The topological polar surface area (TPSA) is 68.2 Å². The van der Waals surface area contributed by atoms with Gasteiger partial charge in [0.15, 0.2) is 0 Å². The molecule has 3 atom stereocenters. The van der Waals surface area contributed by atoms with Gasteiger partial charge in [-0.25, -0.2) is 4.39 Å². The zero-order chi connectivity index (χ0) is 22.9. The van der Waals surface area contributed by atoms with E-state index < -0.39 is 5.41 Å². The third-order valence-electron chi connectivity index (χ3n) is 7.50. The van der Waals surface area contributed by atoms with Crippen LogP contribution in [-0.4, -0.2) is 49.1 Å². The van der Waals surface area contributed by atoms with Crippen LogP contribution in [0.25, 0.3) is 5.57 Å². The number of nitriles is 1. The van der Waals surface area contributed by atoms with E-state index in [1.54, 1.807) is 0 Å². The van der Waals surface area contributed by atoms with Crippen LogP contribution in [0.5, 0.6) is 0 Å². The normalized spacial score (nSPS) is 30.3. The Balaban J connectivity index is 1.62. The van der Waals surface area contributed by atoms with Crippen molar-refractivity contribution in [3.05, 3.63) is 53.4 Å². The van der Waals surface area contributed by atoms with E-state index in [-0.39, 0.29) is 29.7 Å². The third-order valence-corrected chi connectivity index (χ3v) is 7.50. The average molecular weight is 437 g/mol. The van der Waals surface area contributed by atoms with E-state index in [0.717, 1.165) is 43.7 Å². The highest BCUT2D eigenvalue weighted by molar-refractivity contribution is 5.92. The summed E-state index contributed by atoms with van der Waals surface area (Å²) in [6, 6.07) is 9.77. The van der Waals surface area contributed by atoms with E-state index in [1.807, 2.05) is 36.4 Å². The van der Waals surface area contributed by atoms with Gasteiger partial charge < -0.3 is 10.6 Å². The molecule has 0 radical (unpaired) electrons. The Morgan fingerprint density at radius 1 is 1.38 bits per heavy atom. The van der Waals surface area contributed by atoms with Crippen molar-refractivity contribution in [2.24, 2.45) is 11.8 Å². The van der Waals surface area contributed by atoms with Crippen molar-refractivity contribution in [3.8, 4) is 6.07 Å². The first-order valence-corrected chi connectivity index (χ1v) is 11.6. The van der Waals surface area contributed by atoms with E-state index >= 15 is 4.39 Å². The summed E-state index contributed by atoms with van der Waals surface area (Å²) in [6.45, 7) is 10.0. The molecule has 1 saturated carbocycles. The van der Waals surface area contributed by atoms with Gasteiger partial charge in [-0.15, -0.1) is 0 Å². The number of halogens is 1. The zero-order valence-corrected chi connectivity index (χ0v) is 19.2. The van der Waals surface area contributed by atoms with Crippen LogP contribution in [0.4, 0.5) is 4.39 Å². The van der Waals surface area contributed by atoms with Gasteiger partial charge in [-0.3, -0.25) is 9.69 Å². The quantitative estimate of drug-likeness (QED) is 0.670. The number of rotatable bonds is 6. The van der Waals surface area contributed by atoms with Crippen LogP contribution in [0, 0.1) is 23.2 Å². The molecule has 6 heteroatoms. The second-order valence-corrected chi connectivity index (χ2v) is 9.87. The molecular weight excluding hydrogens is 403 g/mol. The first kappa shape index (κ1) is 22.7. The van der Waals surface area contributed by atoms with Gasteiger partial charge in [0.2, 0.25) is 5.91 Å². The smallest absolute Gasteiger partial charge is 0.231 e. The summed E-state index contributed by atoms with van der Waals surface area (Å²) in [5, 5.41) is 15.0. The molecule has 1 saturated heterocycles. The molecule has 32 heavy (non-hydrogen) atoms. The van der Waals surface area contributed by atoms with Crippen LogP contribution >= 0.6 is 0 Å². The van der Waals surface area contributed by atoms with E-state index in [0.29, 0.717) is 17.9 Å². The van der Waals surface area contributed by atoms with Crippen LogP contribution in [0.3, 0.4) is 0 Å². The fourth-order valence-corrected chi connectivity index (χ4v) is 5.53. The average Bonchev–Trinajstić information content (AvgIpc) is 3.56. The van der Waals surface area contributed by atoms with Gasteiger partial charge in [-0.1, -0.05) is 44.2 Å². The molecule has 5 nitrogen and oxygen atoms in total. The number of carbonyl (C=O) groups is 1. The molecule has 170 valence electrons.